The van der Waals surface area contributed by atoms with Crippen LogP contribution in [-0.4, -0.2) is 42.5 Å². The molecule has 0 bridgehead atoms. The minimum Gasteiger partial charge on any atom is -0.496 e. The normalized spacial score (nSPS) is 17.6. The zero-order chi connectivity index (χ0) is 16.4. The fourth-order valence-electron chi connectivity index (χ4n) is 2.58. The molecule has 1 heterocycles. The average molecular weight is 304 g/mol. The van der Waals surface area contributed by atoms with Gasteiger partial charge in [0.1, 0.15) is 11.6 Å². The molecule has 1 atom stereocenters. The number of hydrogen-bond acceptors (Lipinski definition) is 3. The Morgan fingerprint density at radius 1 is 1.32 bits per heavy atom. The molecule has 0 aromatic heterocycles. The summed E-state index contributed by atoms with van der Waals surface area (Å²) in [5.74, 6) is 2.73. The number of carbonyl (C=O) groups excluding carboxylic acids is 2. The van der Waals surface area contributed by atoms with E-state index in [1.807, 2.05) is 0 Å². The summed E-state index contributed by atoms with van der Waals surface area (Å²) in [6.45, 7) is 3.72. The van der Waals surface area contributed by atoms with E-state index in [2.05, 4.69) is 11.8 Å². The molecule has 1 aliphatic heterocycles. The SMILES string of the molecule is CC#Cc1cc(F)c(C2C(=O)N(C)N(CC)C2=O)c(OC)c1. The minimum atomic E-state index is -1.22. The maximum Gasteiger partial charge on any atom is 0.258 e. The second-order valence-corrected chi connectivity index (χ2v) is 4.80. The Balaban J connectivity index is 2.59. The minimum absolute atomic E-state index is 0.0399. The number of likely N-dealkylation sites (N-methyl/N-ethyl adjacent to an activating group) is 2. The van der Waals surface area contributed by atoms with Gasteiger partial charge in [-0.25, -0.2) is 4.39 Å². The highest BCUT2D eigenvalue weighted by Gasteiger charge is 2.46. The topological polar surface area (TPSA) is 49.9 Å². The van der Waals surface area contributed by atoms with Crippen molar-refractivity contribution < 1.29 is 18.7 Å². The lowest BCUT2D eigenvalue weighted by atomic mass is 9.95. The highest BCUT2D eigenvalue weighted by atomic mass is 19.1. The molecule has 2 amide bonds. The van der Waals surface area contributed by atoms with Gasteiger partial charge in [-0.05, 0) is 26.0 Å². The van der Waals surface area contributed by atoms with Gasteiger partial charge in [0.25, 0.3) is 11.8 Å². The molecule has 0 saturated carbocycles. The molecule has 0 radical (unpaired) electrons. The van der Waals surface area contributed by atoms with E-state index in [1.165, 1.54) is 36.3 Å². The number of benzene rings is 1. The maximum absolute atomic E-state index is 14.5. The first kappa shape index (κ1) is 15.8. The molecule has 0 aliphatic carbocycles. The molecule has 6 heteroatoms. The van der Waals surface area contributed by atoms with Crippen molar-refractivity contribution in [2.45, 2.75) is 19.8 Å². The highest BCUT2D eigenvalue weighted by molar-refractivity contribution is 6.10. The van der Waals surface area contributed by atoms with Crippen LogP contribution in [0.1, 0.15) is 30.9 Å². The number of hydrogen-bond donors (Lipinski definition) is 0. The van der Waals surface area contributed by atoms with Crippen molar-refractivity contribution in [3.63, 3.8) is 0 Å². The molecular weight excluding hydrogens is 287 g/mol. The standard InChI is InChI=1S/C16H17FN2O3/c1-5-7-10-8-11(17)13(12(9-10)22-4)14-15(20)18(3)19(6-2)16(14)21/h8-9,14H,6H2,1-4H3. The lowest BCUT2D eigenvalue weighted by molar-refractivity contribution is -0.143. The van der Waals surface area contributed by atoms with Crippen LogP contribution in [0.15, 0.2) is 12.1 Å². The summed E-state index contributed by atoms with van der Waals surface area (Å²) >= 11 is 0. The summed E-state index contributed by atoms with van der Waals surface area (Å²) in [6, 6.07) is 2.74. The lowest BCUT2D eigenvalue weighted by Gasteiger charge is -2.21. The van der Waals surface area contributed by atoms with Gasteiger partial charge in [-0.15, -0.1) is 5.92 Å². The van der Waals surface area contributed by atoms with Crippen LogP contribution in [0.25, 0.3) is 0 Å². The molecule has 116 valence electrons. The van der Waals surface area contributed by atoms with Crippen molar-refractivity contribution in [1.29, 1.82) is 0 Å². The fraction of sp³-hybridized carbons (Fsp3) is 0.375. The summed E-state index contributed by atoms with van der Waals surface area (Å²) < 4.78 is 19.7. The van der Waals surface area contributed by atoms with Crippen LogP contribution in [-0.2, 0) is 9.59 Å². The molecule has 1 fully saturated rings. The Bertz CT molecular complexity index is 691. The lowest BCUT2D eigenvalue weighted by Crippen LogP contribution is -2.37. The van der Waals surface area contributed by atoms with Gasteiger partial charge in [-0.2, -0.15) is 0 Å². The first-order valence-electron chi connectivity index (χ1n) is 6.85. The summed E-state index contributed by atoms with van der Waals surface area (Å²) in [5.41, 5.74) is 0.390. The monoisotopic (exact) mass is 304 g/mol. The maximum atomic E-state index is 14.5. The Labute approximate surface area is 128 Å². The van der Waals surface area contributed by atoms with Crippen LogP contribution in [0.5, 0.6) is 5.75 Å². The van der Waals surface area contributed by atoms with E-state index in [1.54, 1.807) is 13.8 Å². The van der Waals surface area contributed by atoms with Crippen LogP contribution in [0.3, 0.4) is 0 Å². The van der Waals surface area contributed by atoms with Gasteiger partial charge < -0.3 is 4.74 Å². The van der Waals surface area contributed by atoms with Gasteiger partial charge in [-0.1, -0.05) is 5.92 Å². The predicted molar refractivity (Wildman–Crippen MR) is 78.4 cm³/mol. The zero-order valence-corrected chi connectivity index (χ0v) is 12.9. The average Bonchev–Trinajstić information content (AvgIpc) is 2.69. The number of ether oxygens (including phenoxy) is 1. The van der Waals surface area contributed by atoms with Gasteiger partial charge in [0, 0.05) is 19.2 Å². The molecule has 1 unspecified atom stereocenters. The van der Waals surface area contributed by atoms with Crippen LogP contribution in [0.2, 0.25) is 0 Å². The zero-order valence-electron chi connectivity index (χ0n) is 12.9. The second-order valence-electron chi connectivity index (χ2n) is 4.80. The largest absolute Gasteiger partial charge is 0.496 e. The molecule has 0 N–H and O–H groups in total. The number of amides is 2. The Hall–Kier alpha value is -2.55. The highest BCUT2D eigenvalue weighted by Crippen LogP contribution is 2.36. The Morgan fingerprint density at radius 2 is 2.00 bits per heavy atom. The Kier molecular flexibility index (Phi) is 4.36. The summed E-state index contributed by atoms with van der Waals surface area (Å²) in [6.07, 6.45) is 0. The number of carbonyl (C=O) groups is 2. The van der Waals surface area contributed by atoms with Gasteiger partial charge in [0.15, 0.2) is 5.92 Å². The first-order chi connectivity index (χ1) is 10.5. The molecule has 5 nitrogen and oxygen atoms in total. The number of rotatable bonds is 3. The molecule has 1 aromatic carbocycles. The van der Waals surface area contributed by atoms with Crippen molar-refractivity contribution in [2.75, 3.05) is 20.7 Å². The van der Waals surface area contributed by atoms with E-state index in [9.17, 15) is 14.0 Å². The van der Waals surface area contributed by atoms with Crippen LogP contribution in [0.4, 0.5) is 4.39 Å². The quantitative estimate of drug-likeness (QED) is 0.628. The van der Waals surface area contributed by atoms with E-state index in [-0.39, 0.29) is 11.3 Å². The van der Waals surface area contributed by atoms with Crippen molar-refractivity contribution in [2.24, 2.45) is 0 Å². The van der Waals surface area contributed by atoms with E-state index in [0.717, 1.165) is 0 Å². The fourth-order valence-corrected chi connectivity index (χ4v) is 2.58. The molecule has 22 heavy (non-hydrogen) atoms. The number of halogens is 1. The van der Waals surface area contributed by atoms with Crippen LogP contribution >= 0.6 is 0 Å². The first-order valence-corrected chi connectivity index (χ1v) is 6.85. The molecular formula is C16H17FN2O3. The number of methoxy groups -OCH3 is 1. The third kappa shape index (κ3) is 2.39. The third-order valence-electron chi connectivity index (χ3n) is 3.60. The van der Waals surface area contributed by atoms with E-state index in [0.29, 0.717) is 12.1 Å². The number of nitrogens with zero attached hydrogens (tertiary/aromatic N) is 2. The van der Waals surface area contributed by atoms with E-state index in [4.69, 9.17) is 4.74 Å². The van der Waals surface area contributed by atoms with Gasteiger partial charge in [0.05, 0.1) is 12.7 Å². The Morgan fingerprint density at radius 3 is 2.50 bits per heavy atom. The second kappa shape index (κ2) is 6.06. The predicted octanol–water partition coefficient (Wildman–Crippen LogP) is 1.52. The van der Waals surface area contributed by atoms with E-state index < -0.39 is 23.5 Å². The molecule has 1 aliphatic rings. The van der Waals surface area contributed by atoms with Gasteiger partial charge >= 0.3 is 0 Å². The smallest absolute Gasteiger partial charge is 0.258 e. The summed E-state index contributed by atoms with van der Waals surface area (Å²) in [4.78, 5) is 24.7. The van der Waals surface area contributed by atoms with Crippen LogP contribution in [0, 0.1) is 17.7 Å². The summed E-state index contributed by atoms with van der Waals surface area (Å²) in [5, 5.41) is 2.50. The van der Waals surface area contributed by atoms with Crippen LogP contribution < -0.4 is 4.74 Å². The van der Waals surface area contributed by atoms with Crippen molar-refractivity contribution in [1.82, 2.24) is 10.0 Å². The van der Waals surface area contributed by atoms with Gasteiger partial charge in [-0.3, -0.25) is 19.6 Å². The van der Waals surface area contributed by atoms with Crippen molar-refractivity contribution in [3.05, 3.63) is 29.1 Å². The van der Waals surface area contributed by atoms with Crippen molar-refractivity contribution >= 4 is 11.8 Å². The van der Waals surface area contributed by atoms with E-state index >= 15 is 0 Å². The molecule has 1 aromatic rings. The molecule has 0 spiro atoms. The summed E-state index contributed by atoms with van der Waals surface area (Å²) in [7, 11) is 2.86. The van der Waals surface area contributed by atoms with Crippen molar-refractivity contribution in [3.8, 4) is 17.6 Å². The third-order valence-corrected chi connectivity index (χ3v) is 3.60. The van der Waals surface area contributed by atoms with Gasteiger partial charge in [0.2, 0.25) is 0 Å². The molecule has 1 saturated heterocycles. The number of hydrazine groups is 1. The molecule has 2 rings (SSSR count).